The zero-order valence-corrected chi connectivity index (χ0v) is 11.1. The number of carbonyl (C=O) groups is 1. The fourth-order valence-corrected chi connectivity index (χ4v) is 2.03. The van der Waals surface area contributed by atoms with Gasteiger partial charge in [-0.1, -0.05) is 35.0 Å². The Morgan fingerprint density at radius 2 is 1.94 bits per heavy atom. The first-order chi connectivity index (χ1) is 8.22. The fraction of sp³-hybridized carbons (Fsp3) is 0.214. The molecule has 0 saturated heterocycles. The Labute approximate surface area is 109 Å². The summed E-state index contributed by atoms with van der Waals surface area (Å²) in [6.07, 6.45) is 1.16. The van der Waals surface area contributed by atoms with E-state index in [2.05, 4.69) is 22.0 Å². The summed E-state index contributed by atoms with van der Waals surface area (Å²) in [5.74, 6) is 0.735. The van der Waals surface area contributed by atoms with Crippen molar-refractivity contribution in [1.29, 1.82) is 0 Å². The Morgan fingerprint density at radius 3 is 2.65 bits per heavy atom. The van der Waals surface area contributed by atoms with Crippen molar-refractivity contribution in [1.82, 2.24) is 0 Å². The van der Waals surface area contributed by atoms with E-state index in [4.69, 9.17) is 4.74 Å². The highest BCUT2D eigenvalue weighted by atomic mass is 79.9. The van der Waals surface area contributed by atoms with Gasteiger partial charge in [0.15, 0.2) is 12.4 Å². The van der Waals surface area contributed by atoms with E-state index in [1.165, 1.54) is 0 Å². The smallest absolute Gasteiger partial charge is 0.160 e. The predicted molar refractivity (Wildman–Crippen MR) is 72.4 cm³/mol. The minimum atomic E-state index is -0.358. The van der Waals surface area contributed by atoms with Crippen molar-refractivity contribution in [3.8, 4) is 5.75 Å². The van der Waals surface area contributed by atoms with E-state index in [-0.39, 0.29) is 6.10 Å². The van der Waals surface area contributed by atoms with Gasteiger partial charge < -0.3 is 4.74 Å². The predicted octanol–water partition coefficient (Wildman–Crippen LogP) is 3.96. The minimum absolute atomic E-state index is 0.358. The molecule has 0 N–H and O–H groups in total. The molecule has 17 heavy (non-hydrogen) atoms. The minimum Gasteiger partial charge on any atom is -0.483 e. The van der Waals surface area contributed by atoms with Crippen LogP contribution in [0.15, 0.2) is 40.9 Å². The van der Waals surface area contributed by atoms with Gasteiger partial charge in [-0.05, 0) is 41.5 Å². The maximum atomic E-state index is 10.7. The number of benzene rings is 2. The maximum Gasteiger partial charge on any atom is 0.160 e. The number of halogens is 1. The van der Waals surface area contributed by atoms with Crippen LogP contribution in [0.3, 0.4) is 0 Å². The highest BCUT2D eigenvalue weighted by Gasteiger charge is 2.06. The fourth-order valence-electron chi connectivity index (χ4n) is 1.65. The van der Waals surface area contributed by atoms with Crippen molar-refractivity contribution in [3.05, 3.63) is 40.9 Å². The summed E-state index contributed by atoms with van der Waals surface area (Å²) in [6, 6.07) is 11.9. The third-order valence-corrected chi connectivity index (χ3v) is 3.11. The Hall–Kier alpha value is -1.35. The lowest BCUT2D eigenvalue weighted by molar-refractivity contribution is -0.113. The molecule has 0 radical (unpaired) electrons. The van der Waals surface area contributed by atoms with E-state index in [1.54, 1.807) is 0 Å². The van der Waals surface area contributed by atoms with Crippen LogP contribution in [-0.2, 0) is 4.79 Å². The third-order valence-electron chi connectivity index (χ3n) is 2.62. The molecule has 2 aromatic rings. The highest BCUT2D eigenvalue weighted by Crippen LogP contribution is 2.24. The van der Waals surface area contributed by atoms with Gasteiger partial charge in [0.1, 0.15) is 5.75 Å². The van der Waals surface area contributed by atoms with Gasteiger partial charge in [-0.2, -0.15) is 0 Å². The van der Waals surface area contributed by atoms with Crippen LogP contribution in [0.4, 0.5) is 0 Å². The average Bonchev–Trinajstić information content (AvgIpc) is 2.36. The molecule has 0 fully saturated rings. The van der Waals surface area contributed by atoms with Gasteiger partial charge >= 0.3 is 0 Å². The van der Waals surface area contributed by atoms with Gasteiger partial charge in [0.2, 0.25) is 0 Å². The van der Waals surface area contributed by atoms with E-state index < -0.39 is 0 Å². The van der Waals surface area contributed by atoms with Gasteiger partial charge in [-0.25, -0.2) is 0 Å². The number of hydrogen-bond acceptors (Lipinski definition) is 2. The first kappa shape index (κ1) is 12.1. The topological polar surface area (TPSA) is 26.3 Å². The number of rotatable bonds is 4. The van der Waals surface area contributed by atoms with Crippen LogP contribution in [0, 0.1) is 0 Å². The molecule has 2 aromatic carbocycles. The SMILES string of the molecule is CCC(C=O)Oc1ccc2cc(Br)ccc2c1. The van der Waals surface area contributed by atoms with Crippen LogP contribution in [-0.4, -0.2) is 12.4 Å². The van der Waals surface area contributed by atoms with Crippen molar-refractivity contribution in [2.45, 2.75) is 19.4 Å². The molecule has 0 bridgehead atoms. The van der Waals surface area contributed by atoms with E-state index in [0.29, 0.717) is 6.42 Å². The molecule has 1 atom stereocenters. The van der Waals surface area contributed by atoms with Crippen LogP contribution in [0.1, 0.15) is 13.3 Å². The lowest BCUT2D eigenvalue weighted by Crippen LogP contribution is -2.16. The van der Waals surface area contributed by atoms with Crippen LogP contribution >= 0.6 is 15.9 Å². The molecule has 0 saturated carbocycles. The zero-order valence-electron chi connectivity index (χ0n) is 9.52. The Morgan fingerprint density at radius 1 is 1.24 bits per heavy atom. The van der Waals surface area contributed by atoms with Gasteiger partial charge in [0, 0.05) is 4.47 Å². The number of ether oxygens (including phenoxy) is 1. The summed E-state index contributed by atoms with van der Waals surface area (Å²) in [5.41, 5.74) is 0. The number of fused-ring (bicyclic) bond motifs is 1. The van der Waals surface area contributed by atoms with Crippen LogP contribution in [0.2, 0.25) is 0 Å². The lowest BCUT2D eigenvalue weighted by atomic mass is 10.1. The van der Waals surface area contributed by atoms with Crippen molar-refractivity contribution in [2.75, 3.05) is 0 Å². The highest BCUT2D eigenvalue weighted by molar-refractivity contribution is 9.10. The summed E-state index contributed by atoms with van der Waals surface area (Å²) >= 11 is 3.44. The van der Waals surface area contributed by atoms with Gasteiger partial charge in [0.05, 0.1) is 0 Å². The van der Waals surface area contributed by atoms with Gasteiger partial charge in [0.25, 0.3) is 0 Å². The molecular weight excluding hydrogens is 280 g/mol. The van der Waals surface area contributed by atoms with E-state index >= 15 is 0 Å². The third kappa shape index (κ3) is 2.86. The molecule has 2 nitrogen and oxygen atoms in total. The summed E-state index contributed by atoms with van der Waals surface area (Å²) in [6.45, 7) is 1.93. The largest absolute Gasteiger partial charge is 0.483 e. The summed E-state index contributed by atoms with van der Waals surface area (Å²) in [5, 5.41) is 2.25. The van der Waals surface area contributed by atoms with Crippen LogP contribution in [0.5, 0.6) is 5.75 Å². The molecule has 1 unspecified atom stereocenters. The molecule has 2 rings (SSSR count). The molecule has 3 heteroatoms. The summed E-state index contributed by atoms with van der Waals surface area (Å²) in [7, 11) is 0. The summed E-state index contributed by atoms with van der Waals surface area (Å²) < 4.78 is 6.63. The number of carbonyl (C=O) groups excluding carboxylic acids is 1. The molecule has 88 valence electrons. The molecule has 0 spiro atoms. The standard InChI is InChI=1S/C14H13BrO2/c1-2-13(9-16)17-14-6-4-10-7-12(15)5-3-11(10)8-14/h3-9,13H,2H2,1H3. The Kier molecular flexibility index (Phi) is 3.79. The molecule has 0 aromatic heterocycles. The second-order valence-electron chi connectivity index (χ2n) is 3.85. The normalized spacial score (nSPS) is 12.4. The number of aldehydes is 1. The van der Waals surface area contributed by atoms with Gasteiger partial charge in [-0.3, -0.25) is 4.79 Å². The lowest BCUT2D eigenvalue weighted by Gasteiger charge is -2.11. The Balaban J connectivity index is 2.31. The first-order valence-electron chi connectivity index (χ1n) is 5.54. The van der Waals surface area contributed by atoms with Crippen molar-refractivity contribution < 1.29 is 9.53 Å². The molecule has 0 aliphatic carbocycles. The van der Waals surface area contributed by atoms with Crippen molar-refractivity contribution >= 4 is 33.0 Å². The number of hydrogen-bond donors (Lipinski definition) is 0. The molecule has 0 aliphatic heterocycles. The molecule has 0 amide bonds. The second kappa shape index (κ2) is 5.32. The zero-order chi connectivity index (χ0) is 12.3. The maximum absolute atomic E-state index is 10.7. The monoisotopic (exact) mass is 292 g/mol. The second-order valence-corrected chi connectivity index (χ2v) is 4.77. The van der Waals surface area contributed by atoms with Crippen molar-refractivity contribution in [2.24, 2.45) is 0 Å². The Bertz CT molecular complexity index is 537. The summed E-state index contributed by atoms with van der Waals surface area (Å²) in [4.78, 5) is 10.7. The quantitative estimate of drug-likeness (QED) is 0.798. The van der Waals surface area contributed by atoms with Crippen LogP contribution in [0.25, 0.3) is 10.8 Å². The van der Waals surface area contributed by atoms with Gasteiger partial charge in [-0.15, -0.1) is 0 Å². The van der Waals surface area contributed by atoms with E-state index in [9.17, 15) is 4.79 Å². The molecule has 0 heterocycles. The van der Waals surface area contributed by atoms with E-state index in [1.807, 2.05) is 37.3 Å². The van der Waals surface area contributed by atoms with Crippen molar-refractivity contribution in [3.63, 3.8) is 0 Å². The molecule has 0 aliphatic rings. The van der Waals surface area contributed by atoms with Crippen LogP contribution < -0.4 is 4.74 Å². The molecular formula is C14H13BrO2. The first-order valence-corrected chi connectivity index (χ1v) is 6.33. The average molecular weight is 293 g/mol. The van der Waals surface area contributed by atoms with E-state index in [0.717, 1.165) is 27.3 Å².